The van der Waals surface area contributed by atoms with Gasteiger partial charge in [-0.3, -0.25) is 0 Å². The minimum absolute atomic E-state index is 0.00924. The Labute approximate surface area is 106 Å². The summed E-state index contributed by atoms with van der Waals surface area (Å²) < 4.78 is 5.41. The Morgan fingerprint density at radius 2 is 2.06 bits per heavy atom. The summed E-state index contributed by atoms with van der Waals surface area (Å²) in [4.78, 5) is 0. The zero-order valence-corrected chi connectivity index (χ0v) is 12.0. The number of aliphatic hydroxyl groups is 1. The fourth-order valence-electron chi connectivity index (χ4n) is 1.51. The molecular formula is C15H28O2. The van der Waals surface area contributed by atoms with Crippen molar-refractivity contribution < 1.29 is 9.84 Å². The molecule has 1 atom stereocenters. The molecule has 0 saturated heterocycles. The predicted molar refractivity (Wildman–Crippen MR) is 74.1 cm³/mol. The average molecular weight is 240 g/mol. The Hall–Kier alpha value is -0.600. The second-order valence-corrected chi connectivity index (χ2v) is 5.38. The number of hydrogen-bond acceptors (Lipinski definition) is 2. The second-order valence-electron chi connectivity index (χ2n) is 5.38. The van der Waals surface area contributed by atoms with Gasteiger partial charge in [0.05, 0.1) is 12.2 Å². The monoisotopic (exact) mass is 240 g/mol. The summed E-state index contributed by atoms with van der Waals surface area (Å²) >= 11 is 0. The van der Waals surface area contributed by atoms with Crippen LogP contribution in [0.15, 0.2) is 23.8 Å². The molecule has 100 valence electrons. The third kappa shape index (κ3) is 9.13. The van der Waals surface area contributed by atoms with E-state index in [0.29, 0.717) is 5.92 Å². The van der Waals surface area contributed by atoms with Gasteiger partial charge in [-0.2, -0.15) is 0 Å². The first kappa shape index (κ1) is 16.4. The lowest BCUT2D eigenvalue weighted by Crippen LogP contribution is -2.22. The topological polar surface area (TPSA) is 29.5 Å². The molecular weight excluding hydrogens is 212 g/mol. The van der Waals surface area contributed by atoms with Gasteiger partial charge >= 0.3 is 0 Å². The van der Waals surface area contributed by atoms with Crippen molar-refractivity contribution in [1.29, 1.82) is 0 Å². The van der Waals surface area contributed by atoms with Crippen LogP contribution in [-0.2, 0) is 4.74 Å². The predicted octanol–water partition coefficient (Wildman–Crippen LogP) is 3.71. The van der Waals surface area contributed by atoms with Crippen molar-refractivity contribution in [3.8, 4) is 0 Å². The molecule has 0 aliphatic rings. The van der Waals surface area contributed by atoms with E-state index in [4.69, 9.17) is 9.84 Å². The van der Waals surface area contributed by atoms with Gasteiger partial charge < -0.3 is 9.84 Å². The van der Waals surface area contributed by atoms with E-state index in [0.717, 1.165) is 18.4 Å². The molecule has 0 aromatic rings. The van der Waals surface area contributed by atoms with Crippen LogP contribution in [0.2, 0.25) is 0 Å². The van der Waals surface area contributed by atoms with Gasteiger partial charge in [0.2, 0.25) is 0 Å². The van der Waals surface area contributed by atoms with Gasteiger partial charge in [-0.1, -0.05) is 30.7 Å². The lowest BCUT2D eigenvalue weighted by atomic mass is 9.94. The van der Waals surface area contributed by atoms with E-state index in [1.807, 2.05) is 13.0 Å². The largest absolute Gasteiger partial charge is 0.392 e. The van der Waals surface area contributed by atoms with E-state index in [1.165, 1.54) is 6.42 Å². The summed E-state index contributed by atoms with van der Waals surface area (Å²) in [5.74, 6) is 0.669. The number of ether oxygens (including phenoxy) is 1. The Balaban J connectivity index is 3.88. The highest BCUT2D eigenvalue weighted by molar-refractivity contribution is 5.15. The third-order valence-corrected chi connectivity index (χ3v) is 3.12. The molecule has 0 radical (unpaired) electrons. The highest BCUT2D eigenvalue weighted by Crippen LogP contribution is 2.21. The van der Waals surface area contributed by atoms with Gasteiger partial charge in [-0.15, -0.1) is 0 Å². The molecule has 2 heteroatoms. The molecule has 0 fully saturated rings. The fraction of sp³-hybridized carbons (Fsp3) is 0.733. The van der Waals surface area contributed by atoms with E-state index in [-0.39, 0.29) is 12.2 Å². The van der Waals surface area contributed by atoms with Crippen LogP contribution in [0.25, 0.3) is 0 Å². The standard InChI is InChI=1S/C15H28O2/c1-13(9-11-15(3,4)17-5)7-6-8-14(2)10-12-16/h6,8,10,13,16H,7,9,11-12H2,1-5H3/b8-6+,14-10+. The Bertz CT molecular complexity index is 252. The molecule has 0 aromatic heterocycles. The van der Waals surface area contributed by atoms with Crippen LogP contribution in [0.3, 0.4) is 0 Å². The second kappa shape index (κ2) is 8.48. The lowest BCUT2D eigenvalue weighted by molar-refractivity contribution is 0.0109. The van der Waals surface area contributed by atoms with Gasteiger partial charge in [0.15, 0.2) is 0 Å². The normalized spacial score (nSPS) is 15.5. The summed E-state index contributed by atoms with van der Waals surface area (Å²) in [6.07, 6.45) is 9.42. The molecule has 1 N–H and O–H groups in total. The maximum atomic E-state index is 8.72. The van der Waals surface area contributed by atoms with E-state index >= 15 is 0 Å². The first-order valence-electron chi connectivity index (χ1n) is 6.40. The summed E-state index contributed by atoms with van der Waals surface area (Å²) in [5.41, 5.74) is 1.11. The number of rotatable bonds is 8. The van der Waals surface area contributed by atoms with E-state index in [1.54, 1.807) is 7.11 Å². The maximum absolute atomic E-state index is 8.72. The minimum Gasteiger partial charge on any atom is -0.392 e. The van der Waals surface area contributed by atoms with Crippen LogP contribution in [-0.4, -0.2) is 24.4 Å². The van der Waals surface area contributed by atoms with Crippen molar-refractivity contribution in [1.82, 2.24) is 0 Å². The molecule has 0 aliphatic heterocycles. The molecule has 0 heterocycles. The SMILES string of the molecule is COC(C)(C)CCC(C)C/C=C/C(C)=C/CO. The molecule has 17 heavy (non-hydrogen) atoms. The molecule has 0 aliphatic carbocycles. The molecule has 0 rings (SSSR count). The van der Waals surface area contributed by atoms with Crippen LogP contribution >= 0.6 is 0 Å². The number of methoxy groups -OCH3 is 1. The number of hydrogen-bond donors (Lipinski definition) is 1. The molecule has 0 aromatic carbocycles. The molecule has 0 bridgehead atoms. The van der Waals surface area contributed by atoms with Crippen molar-refractivity contribution in [2.45, 2.75) is 52.6 Å². The van der Waals surface area contributed by atoms with Gasteiger partial charge in [-0.25, -0.2) is 0 Å². The highest BCUT2D eigenvalue weighted by Gasteiger charge is 2.16. The van der Waals surface area contributed by atoms with Crippen LogP contribution in [0, 0.1) is 5.92 Å². The van der Waals surface area contributed by atoms with E-state index in [2.05, 4.69) is 32.9 Å². The smallest absolute Gasteiger partial charge is 0.0622 e. The van der Waals surface area contributed by atoms with Gasteiger partial charge in [-0.05, 0) is 46.0 Å². The van der Waals surface area contributed by atoms with Crippen LogP contribution < -0.4 is 0 Å². The highest BCUT2D eigenvalue weighted by atomic mass is 16.5. The summed E-state index contributed by atoms with van der Waals surface area (Å²) in [6, 6.07) is 0. The number of aliphatic hydroxyl groups excluding tert-OH is 1. The van der Waals surface area contributed by atoms with Crippen molar-refractivity contribution in [3.05, 3.63) is 23.8 Å². The van der Waals surface area contributed by atoms with Crippen LogP contribution in [0.5, 0.6) is 0 Å². The van der Waals surface area contributed by atoms with Gasteiger partial charge in [0.25, 0.3) is 0 Å². The Kier molecular flexibility index (Phi) is 8.19. The molecule has 0 amide bonds. The summed E-state index contributed by atoms with van der Waals surface area (Å²) in [7, 11) is 1.77. The van der Waals surface area contributed by atoms with Crippen molar-refractivity contribution in [2.75, 3.05) is 13.7 Å². The first-order chi connectivity index (χ1) is 7.91. The van der Waals surface area contributed by atoms with Gasteiger partial charge in [0.1, 0.15) is 0 Å². The molecule has 1 unspecified atom stereocenters. The Morgan fingerprint density at radius 3 is 2.59 bits per heavy atom. The summed E-state index contributed by atoms with van der Waals surface area (Å²) in [6.45, 7) is 8.65. The lowest BCUT2D eigenvalue weighted by Gasteiger charge is -2.24. The van der Waals surface area contributed by atoms with Crippen molar-refractivity contribution in [3.63, 3.8) is 0 Å². The molecule has 0 saturated carbocycles. The van der Waals surface area contributed by atoms with E-state index in [9.17, 15) is 0 Å². The minimum atomic E-state index is -0.00924. The summed E-state index contributed by atoms with van der Waals surface area (Å²) in [5, 5.41) is 8.72. The van der Waals surface area contributed by atoms with Crippen LogP contribution in [0.4, 0.5) is 0 Å². The average Bonchev–Trinajstić information content (AvgIpc) is 2.27. The third-order valence-electron chi connectivity index (χ3n) is 3.12. The maximum Gasteiger partial charge on any atom is 0.0622 e. The molecule has 2 nitrogen and oxygen atoms in total. The quantitative estimate of drug-likeness (QED) is 0.655. The Morgan fingerprint density at radius 1 is 1.41 bits per heavy atom. The molecule has 0 spiro atoms. The van der Waals surface area contributed by atoms with Crippen LogP contribution in [0.1, 0.15) is 47.0 Å². The van der Waals surface area contributed by atoms with Crippen molar-refractivity contribution in [2.24, 2.45) is 5.92 Å². The zero-order valence-electron chi connectivity index (χ0n) is 12.0. The zero-order chi connectivity index (χ0) is 13.3. The first-order valence-corrected chi connectivity index (χ1v) is 6.40. The van der Waals surface area contributed by atoms with E-state index < -0.39 is 0 Å². The van der Waals surface area contributed by atoms with Crippen molar-refractivity contribution >= 4 is 0 Å². The number of allylic oxidation sites excluding steroid dienone is 3. The van der Waals surface area contributed by atoms with Gasteiger partial charge in [0, 0.05) is 7.11 Å². The fourth-order valence-corrected chi connectivity index (χ4v) is 1.51.